The van der Waals surface area contributed by atoms with E-state index in [9.17, 15) is 0 Å². The largest absolute Gasteiger partial charge is 0.497 e. The first-order valence-corrected chi connectivity index (χ1v) is 5.60. The van der Waals surface area contributed by atoms with Gasteiger partial charge in [0.05, 0.1) is 13.7 Å². The lowest BCUT2D eigenvalue weighted by Gasteiger charge is -2.27. The van der Waals surface area contributed by atoms with E-state index >= 15 is 0 Å². The molecule has 4 heteroatoms. The van der Waals surface area contributed by atoms with Crippen LogP contribution in [0.1, 0.15) is 0 Å². The van der Waals surface area contributed by atoms with Gasteiger partial charge >= 0.3 is 0 Å². The van der Waals surface area contributed by atoms with Crippen LogP contribution >= 0.6 is 0 Å². The molecule has 1 aromatic carbocycles. The van der Waals surface area contributed by atoms with Crippen molar-refractivity contribution in [2.45, 2.75) is 0 Å². The van der Waals surface area contributed by atoms with E-state index < -0.39 is 0 Å². The van der Waals surface area contributed by atoms with Crippen LogP contribution in [0.15, 0.2) is 24.4 Å². The Labute approximate surface area is 99.8 Å². The number of likely N-dealkylation sites (N-methyl/N-ethyl adjacent to an activating group) is 1. The standard InChI is InChI=1S/C13H14N2O2/c1-15-5-6-17-12-11-7-10(16-2)4-3-9(11)8-14-13(12)15/h3-4,7-8H,5-6H2,1-2H3. The second kappa shape index (κ2) is 3.80. The van der Waals surface area contributed by atoms with Crippen molar-refractivity contribution in [3.63, 3.8) is 0 Å². The Balaban J connectivity index is 2.27. The SMILES string of the molecule is COc1ccc2cnc3c(c2c1)OCCN3C. The summed E-state index contributed by atoms with van der Waals surface area (Å²) < 4.78 is 11.0. The molecule has 17 heavy (non-hydrogen) atoms. The summed E-state index contributed by atoms with van der Waals surface area (Å²) in [6, 6.07) is 5.93. The van der Waals surface area contributed by atoms with Crippen LogP contribution in [0.5, 0.6) is 11.5 Å². The first-order chi connectivity index (χ1) is 8.29. The molecular formula is C13H14N2O2. The van der Waals surface area contributed by atoms with Crippen molar-refractivity contribution >= 4 is 16.6 Å². The lowest BCUT2D eigenvalue weighted by molar-refractivity contribution is 0.313. The molecule has 4 nitrogen and oxygen atoms in total. The minimum Gasteiger partial charge on any atom is -0.497 e. The molecule has 0 fully saturated rings. The molecular weight excluding hydrogens is 216 g/mol. The zero-order valence-electron chi connectivity index (χ0n) is 9.93. The molecule has 0 radical (unpaired) electrons. The Bertz CT molecular complexity index is 569. The molecule has 3 rings (SSSR count). The zero-order valence-corrected chi connectivity index (χ0v) is 9.93. The van der Waals surface area contributed by atoms with E-state index in [1.807, 2.05) is 31.4 Å². The van der Waals surface area contributed by atoms with E-state index in [0.29, 0.717) is 6.61 Å². The van der Waals surface area contributed by atoms with E-state index in [1.165, 1.54) is 0 Å². The van der Waals surface area contributed by atoms with E-state index in [1.54, 1.807) is 7.11 Å². The second-order valence-corrected chi connectivity index (χ2v) is 4.13. The first-order valence-electron chi connectivity index (χ1n) is 5.60. The molecule has 2 heterocycles. The summed E-state index contributed by atoms with van der Waals surface area (Å²) in [5.74, 6) is 2.59. The van der Waals surface area contributed by atoms with Gasteiger partial charge in [0.25, 0.3) is 0 Å². The summed E-state index contributed by atoms with van der Waals surface area (Å²) >= 11 is 0. The number of methoxy groups -OCH3 is 1. The molecule has 0 spiro atoms. The van der Waals surface area contributed by atoms with Crippen molar-refractivity contribution in [2.24, 2.45) is 0 Å². The van der Waals surface area contributed by atoms with Crippen molar-refractivity contribution in [1.29, 1.82) is 0 Å². The van der Waals surface area contributed by atoms with Crippen LogP contribution in [0.3, 0.4) is 0 Å². The smallest absolute Gasteiger partial charge is 0.171 e. The molecule has 1 aliphatic rings. The summed E-state index contributed by atoms with van der Waals surface area (Å²) in [6.07, 6.45) is 1.87. The van der Waals surface area contributed by atoms with Gasteiger partial charge in [0, 0.05) is 24.0 Å². The molecule has 2 aromatic rings. The summed E-state index contributed by atoms with van der Waals surface area (Å²) in [5.41, 5.74) is 0. The van der Waals surface area contributed by atoms with Gasteiger partial charge in [0.1, 0.15) is 12.4 Å². The van der Waals surface area contributed by atoms with Crippen LogP contribution in [-0.4, -0.2) is 32.3 Å². The molecule has 1 aromatic heterocycles. The van der Waals surface area contributed by atoms with Gasteiger partial charge in [-0.05, 0) is 18.2 Å². The van der Waals surface area contributed by atoms with Crippen molar-refractivity contribution in [1.82, 2.24) is 4.98 Å². The molecule has 0 amide bonds. The van der Waals surface area contributed by atoms with Crippen LogP contribution in [0.2, 0.25) is 0 Å². The number of fused-ring (bicyclic) bond motifs is 3. The maximum atomic E-state index is 5.75. The lowest BCUT2D eigenvalue weighted by Crippen LogP contribution is -2.29. The fraction of sp³-hybridized carbons (Fsp3) is 0.308. The van der Waals surface area contributed by atoms with Gasteiger partial charge in [-0.3, -0.25) is 0 Å². The number of rotatable bonds is 1. The normalized spacial score (nSPS) is 14.4. The molecule has 0 bridgehead atoms. The van der Waals surface area contributed by atoms with Gasteiger partial charge in [-0.15, -0.1) is 0 Å². The van der Waals surface area contributed by atoms with Crippen LogP contribution in [0.4, 0.5) is 5.82 Å². The molecule has 1 aliphatic heterocycles. The summed E-state index contributed by atoms with van der Waals surface area (Å²) in [4.78, 5) is 6.55. The number of benzene rings is 1. The molecule has 0 aliphatic carbocycles. The second-order valence-electron chi connectivity index (χ2n) is 4.13. The molecule has 0 unspecified atom stereocenters. The highest BCUT2D eigenvalue weighted by Gasteiger charge is 2.19. The third kappa shape index (κ3) is 1.56. The van der Waals surface area contributed by atoms with E-state index in [4.69, 9.17) is 9.47 Å². The Kier molecular flexibility index (Phi) is 2.28. The van der Waals surface area contributed by atoms with E-state index in [0.717, 1.165) is 34.6 Å². The number of aromatic nitrogens is 1. The van der Waals surface area contributed by atoms with Gasteiger partial charge < -0.3 is 14.4 Å². The minimum absolute atomic E-state index is 0.696. The molecule has 0 atom stereocenters. The number of anilines is 1. The molecule has 0 saturated carbocycles. The van der Waals surface area contributed by atoms with Crippen molar-refractivity contribution in [2.75, 3.05) is 32.2 Å². The van der Waals surface area contributed by atoms with Gasteiger partial charge in [0.2, 0.25) is 0 Å². The van der Waals surface area contributed by atoms with Gasteiger partial charge in [-0.25, -0.2) is 4.98 Å². The number of hydrogen-bond donors (Lipinski definition) is 0. The summed E-state index contributed by atoms with van der Waals surface area (Å²) in [6.45, 7) is 1.57. The maximum Gasteiger partial charge on any atom is 0.171 e. The minimum atomic E-state index is 0.696. The van der Waals surface area contributed by atoms with Crippen molar-refractivity contribution in [3.05, 3.63) is 24.4 Å². The Morgan fingerprint density at radius 2 is 2.29 bits per heavy atom. The van der Waals surface area contributed by atoms with E-state index in [-0.39, 0.29) is 0 Å². The third-order valence-electron chi connectivity index (χ3n) is 3.07. The Hall–Kier alpha value is -1.97. The maximum absolute atomic E-state index is 5.75. The van der Waals surface area contributed by atoms with Crippen LogP contribution in [-0.2, 0) is 0 Å². The van der Waals surface area contributed by atoms with Crippen molar-refractivity contribution in [3.8, 4) is 11.5 Å². The highest BCUT2D eigenvalue weighted by atomic mass is 16.5. The molecule has 88 valence electrons. The number of pyridine rings is 1. The number of nitrogens with zero attached hydrogens (tertiary/aromatic N) is 2. The topological polar surface area (TPSA) is 34.6 Å². The fourth-order valence-corrected chi connectivity index (χ4v) is 2.09. The third-order valence-corrected chi connectivity index (χ3v) is 3.07. The molecule has 0 N–H and O–H groups in total. The van der Waals surface area contributed by atoms with Crippen LogP contribution in [0.25, 0.3) is 10.8 Å². The van der Waals surface area contributed by atoms with E-state index in [2.05, 4.69) is 9.88 Å². The van der Waals surface area contributed by atoms with Crippen LogP contribution in [0, 0.1) is 0 Å². The monoisotopic (exact) mass is 230 g/mol. The Morgan fingerprint density at radius 3 is 3.12 bits per heavy atom. The molecule has 0 saturated heterocycles. The Morgan fingerprint density at radius 1 is 1.41 bits per heavy atom. The number of ether oxygens (including phenoxy) is 2. The predicted octanol–water partition coefficient (Wildman–Crippen LogP) is 2.07. The summed E-state index contributed by atoms with van der Waals surface area (Å²) in [5, 5.41) is 2.13. The van der Waals surface area contributed by atoms with Gasteiger partial charge in [-0.1, -0.05) is 0 Å². The van der Waals surface area contributed by atoms with Gasteiger partial charge in [0.15, 0.2) is 11.6 Å². The lowest BCUT2D eigenvalue weighted by atomic mass is 10.1. The first kappa shape index (κ1) is 10.2. The summed E-state index contributed by atoms with van der Waals surface area (Å²) in [7, 11) is 3.70. The van der Waals surface area contributed by atoms with Crippen molar-refractivity contribution < 1.29 is 9.47 Å². The fourth-order valence-electron chi connectivity index (χ4n) is 2.09. The average molecular weight is 230 g/mol. The van der Waals surface area contributed by atoms with Crippen LogP contribution < -0.4 is 14.4 Å². The highest BCUT2D eigenvalue weighted by Crippen LogP contribution is 2.37. The highest BCUT2D eigenvalue weighted by molar-refractivity contribution is 5.93. The van der Waals surface area contributed by atoms with Gasteiger partial charge in [-0.2, -0.15) is 0 Å². The quantitative estimate of drug-likeness (QED) is 0.751. The predicted molar refractivity (Wildman–Crippen MR) is 67.1 cm³/mol. The number of hydrogen-bond acceptors (Lipinski definition) is 4. The zero-order chi connectivity index (χ0) is 11.8. The average Bonchev–Trinajstić information content (AvgIpc) is 2.38.